The third-order valence-electron chi connectivity index (χ3n) is 0.904. The normalized spacial score (nSPS) is 9.44. The van der Waals surface area contributed by atoms with Crippen molar-refractivity contribution in [2.75, 3.05) is 0 Å². The Kier molecular flexibility index (Phi) is 5.89. The van der Waals surface area contributed by atoms with Crippen molar-refractivity contribution in [1.82, 2.24) is 0 Å². The van der Waals surface area contributed by atoms with E-state index in [1.54, 1.807) is 0 Å². The Labute approximate surface area is 85.2 Å². The third kappa shape index (κ3) is 5.17. The molecule has 0 N–H and O–H groups in total. The Bertz CT molecular complexity index is 279. The van der Waals surface area contributed by atoms with Crippen LogP contribution in [0.25, 0.3) is 0 Å². The summed E-state index contributed by atoms with van der Waals surface area (Å²) >= 11 is 0. The van der Waals surface area contributed by atoms with Gasteiger partial charge in [0.2, 0.25) is 0 Å². The SMILES string of the molecule is C=COC(OC(F)=C(F)F)OC(F)=C(F)F. The monoisotopic (exact) mass is 250 g/mol. The molecule has 0 bridgehead atoms. The van der Waals surface area contributed by atoms with E-state index < -0.39 is 30.7 Å². The molecule has 0 radical (unpaired) electrons. The van der Waals surface area contributed by atoms with Gasteiger partial charge in [-0.3, -0.25) is 0 Å². The molecule has 0 heterocycles. The average Bonchev–Trinajstić information content (AvgIpc) is 2.17. The van der Waals surface area contributed by atoms with Gasteiger partial charge in [-0.15, -0.1) is 0 Å². The Hall–Kier alpha value is -1.80. The summed E-state index contributed by atoms with van der Waals surface area (Å²) in [5, 5.41) is 0. The minimum absolute atomic E-state index is 0.484. The van der Waals surface area contributed by atoms with Crippen LogP contribution in [0.3, 0.4) is 0 Å². The quantitative estimate of drug-likeness (QED) is 0.410. The number of hydrogen-bond donors (Lipinski definition) is 0. The first kappa shape index (κ1) is 14.2. The Morgan fingerprint density at radius 2 is 1.25 bits per heavy atom. The summed E-state index contributed by atoms with van der Waals surface area (Å²) in [4.78, 5) is 0. The van der Waals surface area contributed by atoms with E-state index in [2.05, 4.69) is 20.8 Å². The fraction of sp³-hybridized carbons (Fsp3) is 0.143. The summed E-state index contributed by atoms with van der Waals surface area (Å²) in [5.74, 6) is 0. The molecule has 9 heteroatoms. The third-order valence-corrected chi connectivity index (χ3v) is 0.904. The van der Waals surface area contributed by atoms with Gasteiger partial charge in [0.25, 0.3) is 0 Å². The number of hydrogen-bond acceptors (Lipinski definition) is 3. The molecule has 0 spiro atoms. The van der Waals surface area contributed by atoms with Gasteiger partial charge in [-0.2, -0.15) is 26.3 Å². The van der Waals surface area contributed by atoms with Gasteiger partial charge in [-0.1, -0.05) is 6.58 Å². The van der Waals surface area contributed by atoms with Gasteiger partial charge in [0.1, 0.15) is 0 Å². The second-order valence-electron chi connectivity index (χ2n) is 1.90. The van der Waals surface area contributed by atoms with Gasteiger partial charge in [-0.05, 0) is 0 Å². The zero-order valence-corrected chi connectivity index (χ0v) is 7.35. The molecule has 0 aliphatic rings. The van der Waals surface area contributed by atoms with Gasteiger partial charge in [0.05, 0.1) is 6.26 Å². The lowest BCUT2D eigenvalue weighted by Gasteiger charge is -2.15. The molecule has 0 aromatic rings. The van der Waals surface area contributed by atoms with Crippen LogP contribution in [-0.2, 0) is 14.2 Å². The molecule has 0 fully saturated rings. The molecular weight excluding hydrogens is 246 g/mol. The number of halogens is 6. The van der Waals surface area contributed by atoms with E-state index in [0.717, 1.165) is 0 Å². The topological polar surface area (TPSA) is 27.7 Å². The highest BCUT2D eigenvalue weighted by Gasteiger charge is 2.21. The van der Waals surface area contributed by atoms with E-state index in [9.17, 15) is 26.3 Å². The maximum atomic E-state index is 12.1. The minimum Gasteiger partial charge on any atom is -0.431 e. The predicted molar refractivity (Wildman–Crippen MR) is 37.9 cm³/mol. The van der Waals surface area contributed by atoms with Crippen molar-refractivity contribution >= 4 is 0 Å². The molecule has 0 aromatic carbocycles. The average molecular weight is 250 g/mol. The number of ether oxygens (including phenoxy) is 3. The van der Waals surface area contributed by atoms with Crippen molar-refractivity contribution in [1.29, 1.82) is 0 Å². The molecule has 0 saturated carbocycles. The fourth-order valence-corrected chi connectivity index (χ4v) is 0.416. The molecule has 0 atom stereocenters. The van der Waals surface area contributed by atoms with Crippen LogP contribution in [0.5, 0.6) is 0 Å². The summed E-state index contributed by atoms with van der Waals surface area (Å²) in [6.07, 6.45) is -5.31. The Morgan fingerprint density at radius 3 is 1.50 bits per heavy atom. The lowest BCUT2D eigenvalue weighted by Crippen LogP contribution is -2.17. The van der Waals surface area contributed by atoms with Crippen molar-refractivity contribution in [3.8, 4) is 0 Å². The first-order chi connectivity index (χ1) is 7.38. The first-order valence-corrected chi connectivity index (χ1v) is 3.39. The second-order valence-corrected chi connectivity index (χ2v) is 1.90. The van der Waals surface area contributed by atoms with Crippen LogP contribution in [0.4, 0.5) is 26.3 Å². The van der Waals surface area contributed by atoms with E-state index in [1.807, 2.05) is 0 Å². The molecule has 16 heavy (non-hydrogen) atoms. The van der Waals surface area contributed by atoms with Crippen LogP contribution >= 0.6 is 0 Å². The Balaban J connectivity index is 4.58. The second kappa shape index (κ2) is 6.64. The summed E-state index contributed by atoms with van der Waals surface area (Å²) in [7, 11) is 0. The highest BCUT2D eigenvalue weighted by Crippen LogP contribution is 2.19. The van der Waals surface area contributed by atoms with Gasteiger partial charge in [0, 0.05) is 0 Å². The molecular formula is C7H4F6O3. The molecule has 3 nitrogen and oxygen atoms in total. The maximum absolute atomic E-state index is 12.1. The minimum atomic E-state index is -2.90. The van der Waals surface area contributed by atoms with Crippen LogP contribution in [0.1, 0.15) is 0 Å². The molecule has 0 rings (SSSR count). The molecule has 0 aromatic heterocycles. The first-order valence-electron chi connectivity index (χ1n) is 3.39. The van der Waals surface area contributed by atoms with Crippen LogP contribution in [0, 0.1) is 0 Å². The van der Waals surface area contributed by atoms with Crippen molar-refractivity contribution < 1.29 is 40.6 Å². The molecule has 0 aliphatic carbocycles. The van der Waals surface area contributed by atoms with Gasteiger partial charge >= 0.3 is 30.7 Å². The summed E-state index contributed by atoms with van der Waals surface area (Å²) in [6, 6.07) is -4.92. The van der Waals surface area contributed by atoms with E-state index in [-0.39, 0.29) is 0 Å². The van der Waals surface area contributed by atoms with E-state index in [0.29, 0.717) is 6.26 Å². The lowest BCUT2D eigenvalue weighted by atomic mass is 10.9. The fourth-order valence-electron chi connectivity index (χ4n) is 0.416. The standard InChI is InChI=1S/C7H4F6O3/c1-2-14-7(15-5(12)3(8)9)16-6(13)4(10)11/h2,7H,1H2. The number of rotatable bonds is 6. The predicted octanol–water partition coefficient (Wildman–Crippen LogP) is 3.53. The largest absolute Gasteiger partial charge is 0.431 e. The van der Waals surface area contributed by atoms with Crippen molar-refractivity contribution in [2.24, 2.45) is 0 Å². The van der Waals surface area contributed by atoms with Crippen molar-refractivity contribution in [2.45, 2.75) is 6.48 Å². The summed E-state index contributed by atoms with van der Waals surface area (Å²) in [6.45, 7) is 0.385. The van der Waals surface area contributed by atoms with Crippen molar-refractivity contribution in [3.63, 3.8) is 0 Å². The highest BCUT2D eigenvalue weighted by atomic mass is 19.3. The van der Waals surface area contributed by atoms with Gasteiger partial charge < -0.3 is 14.2 Å². The van der Waals surface area contributed by atoms with Crippen LogP contribution in [-0.4, -0.2) is 6.48 Å². The van der Waals surface area contributed by atoms with Crippen LogP contribution < -0.4 is 0 Å². The molecule has 92 valence electrons. The smallest absolute Gasteiger partial charge is 0.409 e. The van der Waals surface area contributed by atoms with Gasteiger partial charge in [0.15, 0.2) is 0 Å². The van der Waals surface area contributed by atoms with Crippen molar-refractivity contribution in [3.05, 3.63) is 37.0 Å². The molecule has 0 amide bonds. The maximum Gasteiger partial charge on any atom is 0.409 e. The molecule has 0 saturated heterocycles. The van der Waals surface area contributed by atoms with E-state index in [4.69, 9.17) is 0 Å². The Morgan fingerprint density at radius 1 is 0.875 bits per heavy atom. The lowest BCUT2D eigenvalue weighted by molar-refractivity contribution is -0.250. The highest BCUT2D eigenvalue weighted by molar-refractivity contribution is 4.83. The molecule has 0 aliphatic heterocycles. The summed E-state index contributed by atoms with van der Waals surface area (Å²) in [5.41, 5.74) is 0. The molecule has 0 unspecified atom stereocenters. The summed E-state index contributed by atoms with van der Waals surface area (Å²) < 4.78 is 81.3. The zero-order valence-electron chi connectivity index (χ0n) is 7.35. The van der Waals surface area contributed by atoms with E-state index in [1.165, 1.54) is 0 Å². The van der Waals surface area contributed by atoms with Gasteiger partial charge in [-0.25, -0.2) is 0 Å². The van der Waals surface area contributed by atoms with Crippen LogP contribution in [0.2, 0.25) is 0 Å². The van der Waals surface area contributed by atoms with Crippen LogP contribution in [0.15, 0.2) is 37.0 Å². The van der Waals surface area contributed by atoms with E-state index >= 15 is 0 Å². The zero-order chi connectivity index (χ0) is 12.7.